The molecule has 1 saturated heterocycles. The number of carbonyl (C=O) groups excluding carboxylic acids is 3. The number of amides is 3. The summed E-state index contributed by atoms with van der Waals surface area (Å²) in [6.07, 6.45) is 0.900. The molecule has 2 aromatic rings. The van der Waals surface area contributed by atoms with Crippen LogP contribution in [-0.2, 0) is 14.4 Å². The summed E-state index contributed by atoms with van der Waals surface area (Å²) >= 11 is 0. The molecule has 0 aliphatic carbocycles. The smallest absolute Gasteiger partial charge is 0.258 e. The number of anilines is 3. The average Bonchev–Trinajstić information content (AvgIpc) is 3.14. The summed E-state index contributed by atoms with van der Waals surface area (Å²) in [7, 11) is 0. The molecule has 0 radical (unpaired) electrons. The first-order valence-electron chi connectivity index (χ1n) is 11.1. The van der Waals surface area contributed by atoms with E-state index in [4.69, 9.17) is 15.2 Å². The highest BCUT2D eigenvalue weighted by Gasteiger charge is 2.37. The summed E-state index contributed by atoms with van der Waals surface area (Å²) in [5.74, 6) is -0.795. The minimum Gasteiger partial charge on any atom is -0.486 e. The summed E-state index contributed by atoms with van der Waals surface area (Å²) in [4.78, 5) is 58.4. The van der Waals surface area contributed by atoms with E-state index in [1.54, 1.807) is 18.2 Å². The SMILES string of the molecule is NC(=O)C1CCN(c2nc3c(c(=O)[nH]2)[C@H](CC(=O)Nc2ccc4c(c2)OCCO4)C(=O)N3)CC1. The topological polar surface area (TPSA) is 169 Å². The van der Waals surface area contributed by atoms with Crippen molar-refractivity contribution in [3.8, 4) is 11.5 Å². The Hall–Kier alpha value is -4.09. The molecule has 5 rings (SSSR count). The van der Waals surface area contributed by atoms with Crippen LogP contribution < -0.4 is 36.3 Å². The summed E-state index contributed by atoms with van der Waals surface area (Å²) in [6, 6.07) is 5.03. The maximum Gasteiger partial charge on any atom is 0.258 e. The molecule has 3 amide bonds. The number of hydrogen-bond acceptors (Lipinski definition) is 8. The fourth-order valence-electron chi connectivity index (χ4n) is 4.46. The lowest BCUT2D eigenvalue weighted by atomic mass is 9.96. The number of aromatic amines is 1. The Bertz CT molecular complexity index is 1220. The van der Waals surface area contributed by atoms with Crippen LogP contribution in [0.25, 0.3) is 0 Å². The van der Waals surface area contributed by atoms with Crippen molar-refractivity contribution in [1.82, 2.24) is 9.97 Å². The number of piperidine rings is 1. The van der Waals surface area contributed by atoms with Gasteiger partial charge in [0.25, 0.3) is 5.56 Å². The molecule has 1 aromatic carbocycles. The molecule has 1 atom stereocenters. The Kier molecular flexibility index (Phi) is 5.56. The highest BCUT2D eigenvalue weighted by molar-refractivity contribution is 6.05. The second-order valence-electron chi connectivity index (χ2n) is 8.47. The molecular weight excluding hydrogens is 444 g/mol. The van der Waals surface area contributed by atoms with E-state index in [2.05, 4.69) is 20.6 Å². The quantitative estimate of drug-likeness (QED) is 0.486. The van der Waals surface area contributed by atoms with Crippen molar-refractivity contribution >= 4 is 35.2 Å². The number of nitrogens with two attached hydrogens (primary N) is 1. The molecule has 12 heteroatoms. The number of primary amides is 1. The number of fused-ring (bicyclic) bond motifs is 2. The van der Waals surface area contributed by atoms with Gasteiger partial charge in [-0.3, -0.25) is 24.2 Å². The summed E-state index contributed by atoms with van der Waals surface area (Å²) in [5, 5.41) is 5.35. The molecule has 1 aromatic heterocycles. The van der Waals surface area contributed by atoms with Crippen LogP contribution in [0.1, 0.15) is 30.7 Å². The number of ether oxygens (including phenoxy) is 2. The molecule has 12 nitrogen and oxygen atoms in total. The number of H-pyrrole nitrogens is 1. The van der Waals surface area contributed by atoms with E-state index in [9.17, 15) is 19.2 Å². The maximum atomic E-state index is 12.9. The van der Waals surface area contributed by atoms with Crippen LogP contribution in [0, 0.1) is 5.92 Å². The van der Waals surface area contributed by atoms with Gasteiger partial charge in [-0.2, -0.15) is 4.98 Å². The predicted molar refractivity (Wildman–Crippen MR) is 121 cm³/mol. The lowest BCUT2D eigenvalue weighted by Gasteiger charge is -2.30. The van der Waals surface area contributed by atoms with Crippen molar-refractivity contribution in [2.75, 3.05) is 41.8 Å². The minimum atomic E-state index is -0.960. The molecule has 0 saturated carbocycles. The van der Waals surface area contributed by atoms with Gasteiger partial charge in [-0.05, 0) is 25.0 Å². The monoisotopic (exact) mass is 468 g/mol. The minimum absolute atomic E-state index is 0.137. The molecule has 4 heterocycles. The molecule has 5 N–H and O–H groups in total. The van der Waals surface area contributed by atoms with Crippen LogP contribution >= 0.6 is 0 Å². The zero-order chi connectivity index (χ0) is 23.8. The van der Waals surface area contributed by atoms with E-state index in [1.807, 2.05) is 4.90 Å². The van der Waals surface area contributed by atoms with Gasteiger partial charge in [0.1, 0.15) is 19.0 Å². The fourth-order valence-corrected chi connectivity index (χ4v) is 4.46. The number of aromatic nitrogens is 2. The number of carbonyl (C=O) groups is 3. The van der Waals surface area contributed by atoms with Gasteiger partial charge in [-0.25, -0.2) is 0 Å². The molecule has 0 bridgehead atoms. The first kappa shape index (κ1) is 21.7. The Morgan fingerprint density at radius 3 is 2.62 bits per heavy atom. The van der Waals surface area contributed by atoms with Crippen molar-refractivity contribution in [2.24, 2.45) is 11.7 Å². The highest BCUT2D eigenvalue weighted by atomic mass is 16.6. The number of nitrogens with zero attached hydrogens (tertiary/aromatic N) is 2. The number of nitrogens with one attached hydrogen (secondary N) is 3. The molecule has 0 unspecified atom stereocenters. The number of rotatable bonds is 5. The van der Waals surface area contributed by atoms with Crippen molar-refractivity contribution < 1.29 is 23.9 Å². The van der Waals surface area contributed by atoms with Gasteiger partial charge < -0.3 is 30.7 Å². The first-order valence-corrected chi connectivity index (χ1v) is 11.1. The van der Waals surface area contributed by atoms with E-state index in [0.29, 0.717) is 62.3 Å². The largest absolute Gasteiger partial charge is 0.486 e. The number of hydrogen-bond donors (Lipinski definition) is 4. The van der Waals surface area contributed by atoms with Crippen LogP contribution in [-0.4, -0.2) is 54.0 Å². The third-order valence-corrected chi connectivity index (χ3v) is 6.26. The zero-order valence-corrected chi connectivity index (χ0v) is 18.3. The molecule has 3 aliphatic heterocycles. The van der Waals surface area contributed by atoms with Gasteiger partial charge in [0, 0.05) is 37.2 Å². The summed E-state index contributed by atoms with van der Waals surface area (Å²) in [5.41, 5.74) is 5.53. The van der Waals surface area contributed by atoms with Gasteiger partial charge in [0.2, 0.25) is 23.7 Å². The van der Waals surface area contributed by atoms with Crippen LogP contribution in [0.5, 0.6) is 11.5 Å². The lowest BCUT2D eigenvalue weighted by molar-refractivity contribution is -0.122. The molecule has 178 valence electrons. The van der Waals surface area contributed by atoms with Gasteiger partial charge in [0.05, 0.1) is 11.5 Å². The molecule has 34 heavy (non-hydrogen) atoms. The fraction of sp³-hybridized carbons (Fsp3) is 0.409. The molecular formula is C22H24N6O6. The van der Waals surface area contributed by atoms with Crippen LogP contribution in [0.15, 0.2) is 23.0 Å². The third kappa shape index (κ3) is 4.14. The van der Waals surface area contributed by atoms with E-state index in [-0.39, 0.29) is 29.6 Å². The third-order valence-electron chi connectivity index (χ3n) is 6.26. The second-order valence-corrected chi connectivity index (χ2v) is 8.47. The van der Waals surface area contributed by atoms with Crippen molar-refractivity contribution in [3.05, 3.63) is 34.1 Å². The zero-order valence-electron chi connectivity index (χ0n) is 18.3. The Balaban J connectivity index is 1.29. The van der Waals surface area contributed by atoms with Crippen molar-refractivity contribution in [3.63, 3.8) is 0 Å². The van der Waals surface area contributed by atoms with Gasteiger partial charge in [0.15, 0.2) is 11.5 Å². The van der Waals surface area contributed by atoms with Crippen molar-refractivity contribution in [2.45, 2.75) is 25.2 Å². The van der Waals surface area contributed by atoms with Gasteiger partial charge in [-0.15, -0.1) is 0 Å². The summed E-state index contributed by atoms with van der Waals surface area (Å²) < 4.78 is 11.0. The number of benzene rings is 1. The average molecular weight is 468 g/mol. The van der Waals surface area contributed by atoms with E-state index < -0.39 is 23.3 Å². The molecule has 0 spiro atoms. The van der Waals surface area contributed by atoms with Crippen LogP contribution in [0.4, 0.5) is 17.5 Å². The Labute approximate surface area is 193 Å². The Morgan fingerprint density at radius 1 is 1.15 bits per heavy atom. The van der Waals surface area contributed by atoms with Gasteiger partial charge >= 0.3 is 0 Å². The normalized spacial score (nSPS) is 19.4. The maximum absolute atomic E-state index is 12.9. The van der Waals surface area contributed by atoms with E-state index in [0.717, 1.165) is 0 Å². The second kappa shape index (κ2) is 8.69. The summed E-state index contributed by atoms with van der Waals surface area (Å²) in [6.45, 7) is 1.89. The van der Waals surface area contributed by atoms with Gasteiger partial charge in [-0.1, -0.05) is 0 Å². The van der Waals surface area contributed by atoms with E-state index in [1.165, 1.54) is 0 Å². The van der Waals surface area contributed by atoms with Crippen LogP contribution in [0.3, 0.4) is 0 Å². The predicted octanol–water partition coefficient (Wildman–Crippen LogP) is 0.307. The molecule has 1 fully saturated rings. The lowest BCUT2D eigenvalue weighted by Crippen LogP contribution is -2.40. The first-order chi connectivity index (χ1) is 16.4. The Morgan fingerprint density at radius 2 is 1.88 bits per heavy atom. The highest BCUT2D eigenvalue weighted by Crippen LogP contribution is 2.34. The van der Waals surface area contributed by atoms with Crippen molar-refractivity contribution in [1.29, 1.82) is 0 Å². The van der Waals surface area contributed by atoms with E-state index >= 15 is 0 Å². The standard InChI is InChI=1S/C22H24N6O6/c23-18(30)11-3-5-28(6-4-11)22-26-19-17(21(32)27-22)13(20(31)25-19)10-16(29)24-12-1-2-14-15(9-12)34-8-7-33-14/h1-2,9,11,13H,3-8,10H2,(H2,23,30)(H,24,29)(H2,25,26,27,31,32)/t13-/m0/s1. The van der Waals surface area contributed by atoms with Crippen LogP contribution in [0.2, 0.25) is 0 Å². The molecule has 3 aliphatic rings.